The molecule has 27 heavy (non-hydrogen) atoms. The molecule has 0 fully saturated rings. The van der Waals surface area contributed by atoms with Crippen molar-refractivity contribution in [2.75, 3.05) is 13.1 Å². The number of rotatable bonds is 6. The molecule has 0 aliphatic heterocycles. The largest absolute Gasteiger partial charge is 4.00 e. The number of benzene rings is 2. The number of hydrogen-bond acceptors (Lipinski definition) is 0. The van der Waals surface area contributed by atoms with Gasteiger partial charge in [-0.2, -0.15) is 13.1 Å². The third-order valence-electron chi connectivity index (χ3n) is 4.61. The zero-order valence-electron chi connectivity index (χ0n) is 16.9. The van der Waals surface area contributed by atoms with E-state index in [0.717, 1.165) is 12.8 Å². The van der Waals surface area contributed by atoms with Crippen LogP contribution in [0.1, 0.15) is 51.7 Å². The fraction of sp³-hybridized carbons (Fsp3) is 0.455. The van der Waals surface area contributed by atoms with E-state index in [-0.39, 0.29) is 46.4 Å². The molecule has 2 rings (SSSR count). The molecule has 0 aliphatic rings. The summed E-state index contributed by atoms with van der Waals surface area (Å²) in [6, 6.07) is 20.8. The van der Waals surface area contributed by atoms with E-state index in [1.807, 2.05) is 12.1 Å². The molecule has 0 saturated carbocycles. The Morgan fingerprint density at radius 2 is 0.852 bits per heavy atom. The SMILES string of the molecule is CC(C)(CC[NH-])c1ccccc1.CC(C)(CC[NH-])c1ccccc1.[F-].[F-].[Zr+4]. The van der Waals surface area contributed by atoms with Crippen LogP contribution in [0.25, 0.3) is 11.5 Å². The van der Waals surface area contributed by atoms with Gasteiger partial charge in [0.2, 0.25) is 0 Å². The van der Waals surface area contributed by atoms with E-state index >= 15 is 0 Å². The minimum atomic E-state index is 0. The van der Waals surface area contributed by atoms with Gasteiger partial charge in [0.1, 0.15) is 0 Å². The number of halogens is 2. The normalized spacial score (nSPS) is 10.3. The van der Waals surface area contributed by atoms with E-state index in [1.54, 1.807) is 0 Å². The predicted molar refractivity (Wildman–Crippen MR) is 107 cm³/mol. The summed E-state index contributed by atoms with van der Waals surface area (Å²) in [5.74, 6) is 0. The average Bonchev–Trinajstić information content (AvgIpc) is 2.57. The molecule has 0 radical (unpaired) electrons. The van der Waals surface area contributed by atoms with Crippen molar-refractivity contribution in [3.63, 3.8) is 0 Å². The maximum absolute atomic E-state index is 7.21. The molecular weight excluding hydrogens is 421 g/mol. The Morgan fingerprint density at radius 3 is 1.07 bits per heavy atom. The third-order valence-corrected chi connectivity index (χ3v) is 4.61. The van der Waals surface area contributed by atoms with E-state index in [2.05, 4.69) is 76.2 Å². The summed E-state index contributed by atoms with van der Waals surface area (Å²) < 4.78 is 0. The second-order valence-electron chi connectivity index (χ2n) is 7.50. The molecule has 2 N–H and O–H groups in total. The van der Waals surface area contributed by atoms with Gasteiger partial charge in [-0.1, -0.05) is 101 Å². The molecule has 0 unspecified atom stereocenters. The minimum absolute atomic E-state index is 0. The van der Waals surface area contributed by atoms with Gasteiger partial charge in [-0.25, -0.2) is 0 Å². The molecule has 5 heteroatoms. The molecule has 2 nitrogen and oxygen atoms in total. The van der Waals surface area contributed by atoms with Gasteiger partial charge in [-0.15, -0.1) is 0 Å². The molecule has 0 bridgehead atoms. The zero-order valence-corrected chi connectivity index (χ0v) is 19.3. The predicted octanol–water partition coefficient (Wildman–Crippen LogP) is 0.819. The molecule has 0 spiro atoms. The molecular formula is C22H32F2N2Zr. The van der Waals surface area contributed by atoms with Crippen LogP contribution < -0.4 is 9.41 Å². The van der Waals surface area contributed by atoms with Crippen molar-refractivity contribution >= 4 is 0 Å². The van der Waals surface area contributed by atoms with Gasteiger partial charge in [0.05, 0.1) is 0 Å². The van der Waals surface area contributed by atoms with Crippen molar-refractivity contribution in [3.05, 3.63) is 83.3 Å². The topological polar surface area (TPSA) is 47.6 Å². The first-order valence-corrected chi connectivity index (χ1v) is 8.74. The second-order valence-corrected chi connectivity index (χ2v) is 7.50. The molecule has 0 amide bonds. The second kappa shape index (κ2) is 15.1. The van der Waals surface area contributed by atoms with E-state index < -0.39 is 0 Å². The summed E-state index contributed by atoms with van der Waals surface area (Å²) in [7, 11) is 0. The van der Waals surface area contributed by atoms with Crippen molar-refractivity contribution < 1.29 is 35.6 Å². The van der Waals surface area contributed by atoms with Crippen LogP contribution >= 0.6 is 0 Å². The fourth-order valence-corrected chi connectivity index (χ4v) is 2.69. The minimum Gasteiger partial charge on any atom is -1.00 e. The average molecular weight is 454 g/mol. The molecule has 0 heterocycles. The van der Waals surface area contributed by atoms with Gasteiger partial charge >= 0.3 is 26.2 Å². The molecule has 2 aromatic rings. The van der Waals surface area contributed by atoms with Crippen LogP contribution in [0.15, 0.2) is 60.7 Å². The van der Waals surface area contributed by atoms with Gasteiger partial charge < -0.3 is 20.9 Å². The van der Waals surface area contributed by atoms with Crippen LogP contribution in [0.4, 0.5) is 0 Å². The monoisotopic (exact) mass is 452 g/mol. The molecule has 0 aliphatic carbocycles. The van der Waals surface area contributed by atoms with Gasteiger partial charge in [0, 0.05) is 0 Å². The Labute approximate surface area is 183 Å². The van der Waals surface area contributed by atoms with E-state index in [9.17, 15) is 0 Å². The van der Waals surface area contributed by atoms with Crippen molar-refractivity contribution in [2.24, 2.45) is 0 Å². The quantitative estimate of drug-likeness (QED) is 0.622. The summed E-state index contributed by atoms with van der Waals surface area (Å²) in [5.41, 5.74) is 17.4. The van der Waals surface area contributed by atoms with Crippen molar-refractivity contribution in [1.29, 1.82) is 0 Å². The van der Waals surface area contributed by atoms with Crippen LogP contribution in [0.5, 0.6) is 0 Å². The van der Waals surface area contributed by atoms with Crippen molar-refractivity contribution in [1.82, 2.24) is 0 Å². The Kier molecular flexibility index (Phi) is 17.2. The molecule has 2 aromatic carbocycles. The summed E-state index contributed by atoms with van der Waals surface area (Å²) in [5, 5.41) is 0. The van der Waals surface area contributed by atoms with Gasteiger partial charge in [-0.3, -0.25) is 0 Å². The molecule has 0 saturated heterocycles. The first-order valence-electron chi connectivity index (χ1n) is 8.74. The summed E-state index contributed by atoms with van der Waals surface area (Å²) in [6.45, 7) is 9.77. The molecule has 148 valence electrons. The molecule has 0 atom stereocenters. The van der Waals surface area contributed by atoms with Crippen LogP contribution in [-0.4, -0.2) is 13.1 Å². The van der Waals surface area contributed by atoms with Crippen LogP contribution in [0.3, 0.4) is 0 Å². The van der Waals surface area contributed by atoms with Gasteiger partial charge in [0.25, 0.3) is 0 Å². The first kappa shape index (κ1) is 30.8. The Bertz CT molecular complexity index is 522. The number of nitrogens with one attached hydrogen (secondary N) is 2. The van der Waals surface area contributed by atoms with Crippen molar-refractivity contribution in [3.8, 4) is 0 Å². The summed E-state index contributed by atoms with van der Waals surface area (Å²) in [6.07, 6.45) is 1.86. The summed E-state index contributed by atoms with van der Waals surface area (Å²) >= 11 is 0. The van der Waals surface area contributed by atoms with Crippen LogP contribution in [0.2, 0.25) is 0 Å². The third kappa shape index (κ3) is 10.9. The van der Waals surface area contributed by atoms with Gasteiger partial charge in [-0.05, 0) is 22.0 Å². The Morgan fingerprint density at radius 1 is 0.593 bits per heavy atom. The maximum atomic E-state index is 7.21. The zero-order chi connectivity index (χ0) is 18.1. The standard InChI is InChI=1S/2C11H16N.2FH.Zr/c2*1-11(2,8-9-12)10-6-4-3-5-7-10;;;/h2*3-7,12H,8-9H2,1-2H3;2*1H;/q2*-1;;;+4/p-2. The summed E-state index contributed by atoms with van der Waals surface area (Å²) in [4.78, 5) is 0. The maximum Gasteiger partial charge on any atom is 4.00 e. The van der Waals surface area contributed by atoms with E-state index in [4.69, 9.17) is 11.5 Å². The number of hydrogen-bond donors (Lipinski definition) is 0. The van der Waals surface area contributed by atoms with Crippen LogP contribution in [0, 0.1) is 0 Å². The Hall–Kier alpha value is -0.897. The van der Waals surface area contributed by atoms with E-state index in [0.29, 0.717) is 13.1 Å². The smallest absolute Gasteiger partial charge is 1.00 e. The van der Waals surface area contributed by atoms with Crippen LogP contribution in [-0.2, 0) is 37.0 Å². The Balaban J connectivity index is -0.000000384. The van der Waals surface area contributed by atoms with E-state index in [1.165, 1.54) is 11.1 Å². The first-order chi connectivity index (χ1) is 11.3. The molecule has 0 aromatic heterocycles. The van der Waals surface area contributed by atoms with Gasteiger partial charge in [0.15, 0.2) is 0 Å². The fourth-order valence-electron chi connectivity index (χ4n) is 2.69. The van der Waals surface area contributed by atoms with Crippen molar-refractivity contribution in [2.45, 2.75) is 51.4 Å².